The molecule has 2 aromatic carbocycles. The van der Waals surface area contributed by atoms with Crippen molar-refractivity contribution in [1.82, 2.24) is 5.43 Å². The molecule has 0 saturated carbocycles. The number of carbonyl (C=O) groups is 1. The van der Waals surface area contributed by atoms with Gasteiger partial charge in [0.05, 0.1) is 12.3 Å². The second-order valence-electron chi connectivity index (χ2n) is 4.61. The van der Waals surface area contributed by atoms with Crippen molar-refractivity contribution in [3.8, 4) is 6.07 Å². The lowest BCUT2D eigenvalue weighted by Gasteiger charge is -2.02. The molecule has 0 unspecified atom stereocenters. The number of aryl methyl sites for hydroxylation is 1. The van der Waals surface area contributed by atoms with E-state index < -0.39 is 5.91 Å². The van der Waals surface area contributed by atoms with Crippen molar-refractivity contribution < 1.29 is 4.79 Å². The van der Waals surface area contributed by atoms with Gasteiger partial charge < -0.3 is 0 Å². The summed E-state index contributed by atoms with van der Waals surface area (Å²) < 4.78 is 0. The zero-order chi connectivity index (χ0) is 15.8. The van der Waals surface area contributed by atoms with Crippen LogP contribution in [0.1, 0.15) is 17.5 Å². The van der Waals surface area contributed by atoms with Crippen molar-refractivity contribution >= 4 is 23.9 Å². The fraction of sp³-hybridized carbons (Fsp3) is 0.118. The minimum Gasteiger partial charge on any atom is -0.272 e. The Morgan fingerprint density at radius 2 is 1.77 bits per heavy atom. The molecule has 0 atom stereocenters. The Balaban J connectivity index is 1.93. The second kappa shape index (κ2) is 8.01. The van der Waals surface area contributed by atoms with Crippen LogP contribution in [0.15, 0.2) is 63.4 Å². The third-order valence-electron chi connectivity index (χ3n) is 2.78. The van der Waals surface area contributed by atoms with Gasteiger partial charge in [0.15, 0.2) is 0 Å². The van der Waals surface area contributed by atoms with Gasteiger partial charge in [0, 0.05) is 9.79 Å². The van der Waals surface area contributed by atoms with Crippen molar-refractivity contribution in [1.29, 1.82) is 5.26 Å². The number of nitriles is 1. The Labute approximate surface area is 133 Å². The maximum absolute atomic E-state index is 11.1. The Hall–Kier alpha value is -2.58. The van der Waals surface area contributed by atoms with Crippen LogP contribution >= 0.6 is 11.8 Å². The molecule has 0 bridgehead atoms. The van der Waals surface area contributed by atoms with Crippen LogP contribution in [0.25, 0.3) is 0 Å². The minimum absolute atomic E-state index is 0.191. The zero-order valence-corrected chi connectivity index (χ0v) is 12.9. The monoisotopic (exact) mass is 309 g/mol. The highest BCUT2D eigenvalue weighted by atomic mass is 32.2. The highest BCUT2D eigenvalue weighted by Crippen LogP contribution is 2.27. The van der Waals surface area contributed by atoms with Crippen LogP contribution in [-0.4, -0.2) is 12.1 Å². The quantitative estimate of drug-likeness (QED) is 0.679. The number of nitrogens with one attached hydrogen (secondary N) is 1. The van der Waals surface area contributed by atoms with Gasteiger partial charge >= 0.3 is 0 Å². The van der Waals surface area contributed by atoms with E-state index in [9.17, 15) is 4.79 Å². The molecule has 2 aromatic rings. The average Bonchev–Trinajstić information content (AvgIpc) is 2.52. The first-order valence-corrected chi connectivity index (χ1v) is 7.52. The number of rotatable bonds is 5. The van der Waals surface area contributed by atoms with E-state index >= 15 is 0 Å². The minimum atomic E-state index is -0.412. The molecular formula is C17H15N3OS. The molecule has 0 fully saturated rings. The van der Waals surface area contributed by atoms with E-state index in [-0.39, 0.29) is 6.42 Å². The van der Waals surface area contributed by atoms with Gasteiger partial charge in [0.2, 0.25) is 0 Å². The molecular weight excluding hydrogens is 294 g/mol. The summed E-state index contributed by atoms with van der Waals surface area (Å²) in [7, 11) is 0. The van der Waals surface area contributed by atoms with E-state index in [2.05, 4.69) is 41.7 Å². The fourth-order valence-corrected chi connectivity index (χ4v) is 2.47. The third-order valence-corrected chi connectivity index (χ3v) is 3.80. The van der Waals surface area contributed by atoms with Crippen LogP contribution in [0, 0.1) is 18.3 Å². The number of carbonyl (C=O) groups excluding carboxylic acids is 1. The van der Waals surface area contributed by atoms with Gasteiger partial charge in [-0.1, -0.05) is 41.6 Å². The maximum atomic E-state index is 11.1. The molecule has 0 saturated heterocycles. The molecule has 0 radical (unpaired) electrons. The summed E-state index contributed by atoms with van der Waals surface area (Å²) in [5.74, 6) is -0.412. The van der Waals surface area contributed by atoms with E-state index in [0.717, 1.165) is 10.5 Å². The lowest BCUT2D eigenvalue weighted by atomic mass is 10.2. The lowest BCUT2D eigenvalue weighted by molar-refractivity contribution is -0.120. The summed E-state index contributed by atoms with van der Waals surface area (Å²) in [4.78, 5) is 13.4. The molecule has 0 aliphatic heterocycles. The molecule has 0 heterocycles. The van der Waals surface area contributed by atoms with E-state index in [0.29, 0.717) is 0 Å². The zero-order valence-electron chi connectivity index (χ0n) is 12.1. The first-order valence-electron chi connectivity index (χ1n) is 6.71. The van der Waals surface area contributed by atoms with Gasteiger partial charge in [0.25, 0.3) is 5.91 Å². The second-order valence-corrected chi connectivity index (χ2v) is 5.76. The lowest BCUT2D eigenvalue weighted by Crippen LogP contribution is -2.16. The van der Waals surface area contributed by atoms with E-state index in [1.165, 1.54) is 10.5 Å². The van der Waals surface area contributed by atoms with Crippen LogP contribution in [0.3, 0.4) is 0 Å². The summed E-state index contributed by atoms with van der Waals surface area (Å²) in [6, 6.07) is 18.0. The molecule has 0 aliphatic rings. The van der Waals surface area contributed by atoms with Crippen molar-refractivity contribution in [3.05, 3.63) is 59.7 Å². The third kappa shape index (κ3) is 5.08. The standard InChI is InChI=1S/C17H15N3OS/c1-13-2-6-15(7-3-13)22-16-8-4-14(5-9-16)12-19-20-17(21)10-11-18/h2-9,12H,10H2,1H3,(H,20,21)/b19-12-. The molecule has 22 heavy (non-hydrogen) atoms. The van der Waals surface area contributed by atoms with Crippen LogP contribution in [0.2, 0.25) is 0 Å². The summed E-state index contributed by atoms with van der Waals surface area (Å²) in [6.07, 6.45) is 1.36. The van der Waals surface area contributed by atoms with Gasteiger partial charge in [-0.3, -0.25) is 4.79 Å². The molecule has 1 amide bonds. The van der Waals surface area contributed by atoms with E-state index in [1.807, 2.05) is 24.3 Å². The summed E-state index contributed by atoms with van der Waals surface area (Å²) in [5.41, 5.74) is 4.42. The number of hydrazone groups is 1. The Kier molecular flexibility index (Phi) is 5.75. The predicted octanol–water partition coefficient (Wildman–Crippen LogP) is 3.51. The molecule has 1 N–H and O–H groups in total. The summed E-state index contributed by atoms with van der Waals surface area (Å²) in [6.45, 7) is 2.07. The molecule has 0 aliphatic carbocycles. The van der Waals surface area contributed by atoms with Gasteiger partial charge in [-0.05, 0) is 36.8 Å². The smallest absolute Gasteiger partial charge is 0.254 e. The molecule has 2 rings (SSSR count). The largest absolute Gasteiger partial charge is 0.272 e. The van der Waals surface area contributed by atoms with Gasteiger partial charge in [-0.15, -0.1) is 0 Å². The highest BCUT2D eigenvalue weighted by molar-refractivity contribution is 7.99. The van der Waals surface area contributed by atoms with Gasteiger partial charge in [0.1, 0.15) is 6.42 Å². The SMILES string of the molecule is Cc1ccc(Sc2ccc(/C=N\NC(=O)CC#N)cc2)cc1. The van der Waals surface area contributed by atoms with Crippen LogP contribution in [-0.2, 0) is 4.79 Å². The molecule has 0 spiro atoms. The maximum Gasteiger partial charge on any atom is 0.254 e. The molecule has 5 heteroatoms. The first-order chi connectivity index (χ1) is 10.7. The van der Waals surface area contributed by atoms with Crippen LogP contribution in [0.5, 0.6) is 0 Å². The topological polar surface area (TPSA) is 65.2 Å². The van der Waals surface area contributed by atoms with Crippen LogP contribution in [0.4, 0.5) is 0 Å². The summed E-state index contributed by atoms with van der Waals surface area (Å²) >= 11 is 1.69. The molecule has 0 aromatic heterocycles. The normalized spacial score (nSPS) is 10.4. The summed E-state index contributed by atoms with van der Waals surface area (Å²) in [5, 5.41) is 12.2. The van der Waals surface area contributed by atoms with E-state index in [1.54, 1.807) is 24.0 Å². The van der Waals surface area contributed by atoms with Crippen molar-refractivity contribution in [3.63, 3.8) is 0 Å². The Morgan fingerprint density at radius 1 is 1.18 bits per heavy atom. The number of nitrogens with zero attached hydrogens (tertiary/aromatic N) is 2. The van der Waals surface area contributed by atoms with E-state index in [4.69, 9.17) is 5.26 Å². The van der Waals surface area contributed by atoms with Crippen LogP contribution < -0.4 is 5.43 Å². The van der Waals surface area contributed by atoms with Gasteiger partial charge in [-0.2, -0.15) is 10.4 Å². The number of benzene rings is 2. The van der Waals surface area contributed by atoms with Crippen molar-refractivity contribution in [2.45, 2.75) is 23.1 Å². The number of hydrogen-bond acceptors (Lipinski definition) is 4. The fourth-order valence-electron chi connectivity index (χ4n) is 1.65. The first kappa shape index (κ1) is 15.8. The van der Waals surface area contributed by atoms with Crippen molar-refractivity contribution in [2.24, 2.45) is 5.10 Å². The predicted molar refractivity (Wildman–Crippen MR) is 87.7 cm³/mol. The number of amides is 1. The molecule has 110 valence electrons. The number of hydrogen-bond donors (Lipinski definition) is 1. The average molecular weight is 309 g/mol. The molecule has 4 nitrogen and oxygen atoms in total. The van der Waals surface area contributed by atoms with Crippen molar-refractivity contribution in [2.75, 3.05) is 0 Å². The van der Waals surface area contributed by atoms with Gasteiger partial charge in [-0.25, -0.2) is 5.43 Å². The Bertz CT molecular complexity index is 700. The Morgan fingerprint density at radius 3 is 2.36 bits per heavy atom. The highest BCUT2D eigenvalue weighted by Gasteiger charge is 1.98.